The third kappa shape index (κ3) is 14.3. The number of aliphatic imine (C=N–C) groups is 1. The van der Waals surface area contributed by atoms with Gasteiger partial charge in [-0.1, -0.05) is 94.8 Å². The third-order valence-electron chi connectivity index (χ3n) is 8.84. The van der Waals surface area contributed by atoms with Gasteiger partial charge in [0.25, 0.3) is 0 Å². The number of amides is 1. The van der Waals surface area contributed by atoms with Crippen molar-refractivity contribution in [1.82, 2.24) is 4.90 Å². The van der Waals surface area contributed by atoms with Crippen LogP contribution in [0.2, 0.25) is 5.02 Å². The fourth-order valence-corrected chi connectivity index (χ4v) is 6.12. The van der Waals surface area contributed by atoms with Crippen LogP contribution in [0.3, 0.4) is 0 Å². The summed E-state index contributed by atoms with van der Waals surface area (Å²) in [5, 5.41) is 0.732. The maximum absolute atomic E-state index is 13.5. The Hall–Kier alpha value is -2.89. The van der Waals surface area contributed by atoms with Gasteiger partial charge in [0.15, 0.2) is 0 Å². The zero-order valence-corrected chi connectivity index (χ0v) is 33.1. The molecule has 1 aromatic rings. The number of benzene rings is 1. The molecule has 268 valence electrons. The number of ether oxygens (including phenoxy) is 2. The standard InChI is InChI=1S/C42H65ClN2O3/c1-16-30(7)22-35(24-33(10)39-25-36(43)19-18-32(39)9)40(34(11)44-14)38(29(5)6)23-31(8)20-21-45(27-28(3)4)41(46)48-42(12,13)26-37(17-2)47-15/h18-19,24-25,28,33,37H,5,7-8,16-17,20-23,26-27H2,1-4,6,9-15H3/b35-24-,40-38+,44-34-. The van der Waals surface area contributed by atoms with Gasteiger partial charge in [-0.2, -0.15) is 0 Å². The largest absolute Gasteiger partial charge is 0.443 e. The second kappa shape index (κ2) is 20.6. The summed E-state index contributed by atoms with van der Waals surface area (Å²) in [6, 6.07) is 6.07. The van der Waals surface area contributed by atoms with Crippen molar-refractivity contribution in [2.75, 3.05) is 27.2 Å². The molecule has 5 nitrogen and oxygen atoms in total. The summed E-state index contributed by atoms with van der Waals surface area (Å²) in [5.41, 5.74) is 9.22. The Bertz CT molecular complexity index is 1360. The van der Waals surface area contributed by atoms with Crippen LogP contribution in [0.1, 0.15) is 118 Å². The molecule has 0 heterocycles. The Morgan fingerprint density at radius 1 is 1.08 bits per heavy atom. The molecule has 2 unspecified atom stereocenters. The number of aryl methyl sites for hydroxylation is 1. The molecular weight excluding hydrogens is 616 g/mol. The van der Waals surface area contributed by atoms with E-state index in [4.69, 9.17) is 21.1 Å². The lowest BCUT2D eigenvalue weighted by molar-refractivity contribution is -0.0296. The minimum atomic E-state index is -0.645. The first kappa shape index (κ1) is 43.1. The van der Waals surface area contributed by atoms with Gasteiger partial charge in [-0.15, -0.1) is 0 Å². The summed E-state index contributed by atoms with van der Waals surface area (Å²) >= 11 is 6.43. The van der Waals surface area contributed by atoms with Crippen LogP contribution in [0.15, 0.2) is 82.4 Å². The second-order valence-electron chi connectivity index (χ2n) is 14.3. The Morgan fingerprint density at radius 2 is 1.73 bits per heavy atom. The first-order chi connectivity index (χ1) is 22.4. The molecule has 2 atom stereocenters. The van der Waals surface area contributed by atoms with Crippen molar-refractivity contribution in [2.45, 2.75) is 125 Å². The van der Waals surface area contributed by atoms with Gasteiger partial charge < -0.3 is 14.4 Å². The Balaban J connectivity index is 3.51. The number of methoxy groups -OCH3 is 1. The van der Waals surface area contributed by atoms with Gasteiger partial charge in [0.1, 0.15) is 5.60 Å². The molecule has 0 aromatic heterocycles. The van der Waals surface area contributed by atoms with Crippen LogP contribution in [0.5, 0.6) is 0 Å². The molecule has 0 aliphatic carbocycles. The van der Waals surface area contributed by atoms with E-state index in [1.165, 1.54) is 16.7 Å². The first-order valence-electron chi connectivity index (χ1n) is 17.5. The van der Waals surface area contributed by atoms with Crippen LogP contribution in [0, 0.1) is 12.8 Å². The van der Waals surface area contributed by atoms with Crippen molar-refractivity contribution in [3.05, 3.63) is 93.6 Å². The van der Waals surface area contributed by atoms with E-state index < -0.39 is 5.60 Å². The zero-order chi connectivity index (χ0) is 36.8. The van der Waals surface area contributed by atoms with Crippen molar-refractivity contribution in [3.8, 4) is 0 Å². The summed E-state index contributed by atoms with van der Waals surface area (Å²) in [7, 11) is 3.54. The smallest absolute Gasteiger partial charge is 0.410 e. The van der Waals surface area contributed by atoms with Crippen LogP contribution >= 0.6 is 11.6 Å². The maximum atomic E-state index is 13.5. The van der Waals surface area contributed by atoms with Crippen LogP contribution in [-0.2, 0) is 9.47 Å². The topological polar surface area (TPSA) is 51.1 Å². The van der Waals surface area contributed by atoms with Gasteiger partial charge in [0, 0.05) is 50.0 Å². The van der Waals surface area contributed by atoms with E-state index in [0.29, 0.717) is 38.3 Å². The molecule has 0 radical (unpaired) electrons. The third-order valence-corrected chi connectivity index (χ3v) is 9.07. The minimum Gasteiger partial charge on any atom is -0.443 e. The van der Waals surface area contributed by atoms with E-state index in [1.54, 1.807) is 7.11 Å². The quantitative estimate of drug-likeness (QED) is 0.0782. The molecule has 0 spiro atoms. The molecule has 1 rings (SSSR count). The first-order valence-corrected chi connectivity index (χ1v) is 17.9. The van der Waals surface area contributed by atoms with Crippen molar-refractivity contribution >= 4 is 23.4 Å². The fraction of sp³-hybridized carbons (Fsp3) is 0.571. The molecule has 1 amide bonds. The van der Waals surface area contributed by atoms with E-state index in [2.05, 4.69) is 98.3 Å². The molecule has 0 saturated heterocycles. The lowest BCUT2D eigenvalue weighted by atomic mass is 9.83. The van der Waals surface area contributed by atoms with Crippen molar-refractivity contribution in [3.63, 3.8) is 0 Å². The van der Waals surface area contributed by atoms with Gasteiger partial charge in [0.05, 0.1) is 6.10 Å². The maximum Gasteiger partial charge on any atom is 0.410 e. The molecule has 0 N–H and O–H groups in total. The van der Waals surface area contributed by atoms with Crippen LogP contribution in [0.25, 0.3) is 0 Å². The number of rotatable bonds is 20. The summed E-state index contributed by atoms with van der Waals surface area (Å²) in [6.07, 6.45) is 6.46. The number of hydrogen-bond acceptors (Lipinski definition) is 4. The summed E-state index contributed by atoms with van der Waals surface area (Å²) < 4.78 is 11.6. The number of nitrogens with zero attached hydrogens (tertiary/aromatic N) is 2. The highest BCUT2D eigenvalue weighted by Crippen LogP contribution is 2.35. The Morgan fingerprint density at radius 3 is 2.25 bits per heavy atom. The van der Waals surface area contributed by atoms with Gasteiger partial charge >= 0.3 is 6.09 Å². The van der Waals surface area contributed by atoms with Crippen LogP contribution < -0.4 is 0 Å². The van der Waals surface area contributed by atoms with Crippen molar-refractivity contribution < 1.29 is 14.3 Å². The SMILES string of the molecule is C=C(CC)CC(=C/C(C)c1cc(Cl)ccc1C)/C(C(/C)=N\C)=C(\CC(=C)CCN(CC(C)C)C(=O)OC(C)(C)CC(CC)OC)C(=C)C. The molecule has 48 heavy (non-hydrogen) atoms. The number of hydrogen-bond donors (Lipinski definition) is 0. The molecule has 1 aromatic carbocycles. The summed E-state index contributed by atoms with van der Waals surface area (Å²) in [4.78, 5) is 20.0. The number of allylic oxidation sites excluding steroid dienone is 6. The average molecular weight is 681 g/mol. The van der Waals surface area contributed by atoms with E-state index in [9.17, 15) is 4.79 Å². The Labute approximate surface area is 298 Å². The number of carbonyl (C=O) groups is 1. The highest BCUT2D eigenvalue weighted by molar-refractivity contribution is 6.30. The van der Waals surface area contributed by atoms with Gasteiger partial charge in [-0.25, -0.2) is 4.79 Å². The lowest BCUT2D eigenvalue weighted by Crippen LogP contribution is -2.42. The average Bonchev–Trinajstić information content (AvgIpc) is 3.01. The molecule has 0 aliphatic heterocycles. The van der Waals surface area contributed by atoms with Crippen molar-refractivity contribution in [1.29, 1.82) is 0 Å². The van der Waals surface area contributed by atoms with E-state index in [1.807, 2.05) is 31.9 Å². The number of halogens is 1. The van der Waals surface area contributed by atoms with Gasteiger partial charge in [0.2, 0.25) is 0 Å². The van der Waals surface area contributed by atoms with Crippen molar-refractivity contribution in [2.24, 2.45) is 10.9 Å². The molecule has 0 saturated carbocycles. The fourth-order valence-electron chi connectivity index (χ4n) is 5.94. The second-order valence-corrected chi connectivity index (χ2v) is 14.8. The molecule has 0 aliphatic rings. The number of carbonyl (C=O) groups excluding carboxylic acids is 1. The lowest BCUT2D eigenvalue weighted by Gasteiger charge is -2.33. The molecule has 0 bridgehead atoms. The van der Waals surface area contributed by atoms with E-state index in [0.717, 1.165) is 57.9 Å². The highest BCUT2D eigenvalue weighted by Gasteiger charge is 2.29. The normalized spacial score (nSPS) is 14.4. The zero-order valence-electron chi connectivity index (χ0n) is 32.3. The predicted octanol–water partition coefficient (Wildman–Crippen LogP) is 12.0. The predicted molar refractivity (Wildman–Crippen MR) is 209 cm³/mol. The Kier molecular flexibility index (Phi) is 18.5. The van der Waals surface area contributed by atoms with Crippen LogP contribution in [-0.4, -0.2) is 55.7 Å². The summed E-state index contributed by atoms with van der Waals surface area (Å²) in [6.45, 7) is 35.2. The van der Waals surface area contributed by atoms with E-state index >= 15 is 0 Å². The van der Waals surface area contributed by atoms with Crippen LogP contribution in [0.4, 0.5) is 4.79 Å². The van der Waals surface area contributed by atoms with Gasteiger partial charge in [-0.05, 0) is 113 Å². The summed E-state index contributed by atoms with van der Waals surface area (Å²) in [5.74, 6) is 0.413. The monoisotopic (exact) mass is 680 g/mol. The highest BCUT2D eigenvalue weighted by atomic mass is 35.5. The minimum absolute atomic E-state index is 0.0359. The molecular formula is C42H65ClN2O3. The van der Waals surface area contributed by atoms with Gasteiger partial charge in [-0.3, -0.25) is 4.99 Å². The molecule has 6 heteroatoms. The molecule has 0 fully saturated rings. The van der Waals surface area contributed by atoms with E-state index in [-0.39, 0.29) is 18.1 Å².